The minimum atomic E-state index is -0.979. The van der Waals surface area contributed by atoms with Crippen LogP contribution >= 0.6 is 0 Å². The Bertz CT molecular complexity index is 1210. The number of pyridine rings is 2. The highest BCUT2D eigenvalue weighted by molar-refractivity contribution is 6.11. The van der Waals surface area contributed by atoms with Crippen LogP contribution in [0.4, 0.5) is 10.6 Å². The van der Waals surface area contributed by atoms with Crippen LogP contribution in [0.3, 0.4) is 0 Å². The van der Waals surface area contributed by atoms with Crippen LogP contribution in [0.15, 0.2) is 36.7 Å². The Labute approximate surface area is 198 Å². The number of aromatic nitrogens is 2. The van der Waals surface area contributed by atoms with Crippen molar-refractivity contribution in [1.29, 1.82) is 0 Å². The molecule has 9 heteroatoms. The van der Waals surface area contributed by atoms with E-state index < -0.39 is 17.7 Å². The van der Waals surface area contributed by atoms with Crippen molar-refractivity contribution < 1.29 is 24.2 Å². The lowest BCUT2D eigenvalue weighted by atomic mass is 10.1. The summed E-state index contributed by atoms with van der Waals surface area (Å²) in [5, 5.41) is 14.9. The van der Waals surface area contributed by atoms with Crippen molar-refractivity contribution >= 4 is 39.6 Å². The lowest BCUT2D eigenvalue weighted by Crippen LogP contribution is -2.33. The molecule has 0 bridgehead atoms. The molecule has 0 aliphatic carbocycles. The van der Waals surface area contributed by atoms with Gasteiger partial charge in [0.1, 0.15) is 11.4 Å². The van der Waals surface area contributed by atoms with Crippen molar-refractivity contribution in [3.63, 3.8) is 0 Å². The van der Waals surface area contributed by atoms with E-state index in [2.05, 4.69) is 15.2 Å². The quantitative estimate of drug-likeness (QED) is 0.397. The molecule has 4 rings (SSSR count). The zero-order valence-electron chi connectivity index (χ0n) is 19.7. The van der Waals surface area contributed by atoms with Crippen LogP contribution in [-0.4, -0.2) is 65.1 Å². The molecule has 9 nitrogen and oxygen atoms in total. The molecule has 3 heterocycles. The number of ether oxygens (including phenoxy) is 2. The smallest absolute Gasteiger partial charge is 0.407 e. The maximum Gasteiger partial charge on any atom is 0.407 e. The average Bonchev–Trinajstić information content (AvgIpc) is 3.25. The van der Waals surface area contributed by atoms with E-state index in [9.17, 15) is 14.7 Å². The number of benzene rings is 1. The molecule has 1 atom stereocenters. The third-order valence-corrected chi connectivity index (χ3v) is 5.61. The number of carboxylic acids is 1. The Hall–Kier alpha value is -3.46. The van der Waals surface area contributed by atoms with Crippen molar-refractivity contribution in [3.05, 3.63) is 42.2 Å². The van der Waals surface area contributed by atoms with E-state index in [-0.39, 0.29) is 11.7 Å². The highest BCUT2D eigenvalue weighted by atomic mass is 16.6. The molecule has 180 valence electrons. The standard InChI is InChI=1S/C25H30N4O5/c1-25(2,3)34-24(32)27-9-4-12-33-17-8-11-29(15-17)22-19-7-10-26-14-20(19)18-6-5-16(23(30)31)13-21(18)28-22/h5-7,10,13-14,17H,4,8-9,11-12,15H2,1-3H3,(H,27,32)(H,30,31)/t17-/m0/s1. The number of carboxylic acid groups (broad SMARTS) is 1. The second kappa shape index (κ2) is 9.80. The number of nitrogens with one attached hydrogen (secondary N) is 1. The number of hydrogen-bond donors (Lipinski definition) is 2. The van der Waals surface area contributed by atoms with E-state index in [4.69, 9.17) is 14.5 Å². The second-order valence-electron chi connectivity index (χ2n) is 9.40. The van der Waals surface area contributed by atoms with Gasteiger partial charge in [0.15, 0.2) is 0 Å². The largest absolute Gasteiger partial charge is 0.478 e. The number of rotatable bonds is 7. The number of nitrogens with zero attached hydrogens (tertiary/aromatic N) is 3. The topological polar surface area (TPSA) is 114 Å². The maximum atomic E-state index is 11.7. The van der Waals surface area contributed by atoms with Crippen LogP contribution in [0.5, 0.6) is 0 Å². The van der Waals surface area contributed by atoms with Crippen molar-refractivity contribution in [1.82, 2.24) is 15.3 Å². The summed E-state index contributed by atoms with van der Waals surface area (Å²) in [7, 11) is 0. The predicted molar refractivity (Wildman–Crippen MR) is 129 cm³/mol. The number of hydrogen-bond acceptors (Lipinski definition) is 7. The van der Waals surface area contributed by atoms with Crippen LogP contribution in [0.25, 0.3) is 21.7 Å². The first kappa shape index (κ1) is 23.7. The number of carbonyl (C=O) groups excluding carboxylic acids is 1. The normalized spacial score (nSPS) is 16.2. The summed E-state index contributed by atoms with van der Waals surface area (Å²) in [6, 6.07) is 6.94. The van der Waals surface area contributed by atoms with Crippen LogP contribution in [-0.2, 0) is 9.47 Å². The summed E-state index contributed by atoms with van der Waals surface area (Å²) in [6.07, 6.45) is 4.73. The van der Waals surface area contributed by atoms with Crippen LogP contribution < -0.4 is 10.2 Å². The first-order valence-electron chi connectivity index (χ1n) is 11.5. The molecular weight excluding hydrogens is 436 g/mol. The highest BCUT2D eigenvalue weighted by Gasteiger charge is 2.26. The van der Waals surface area contributed by atoms with Crippen LogP contribution in [0.2, 0.25) is 0 Å². The van der Waals surface area contributed by atoms with Gasteiger partial charge < -0.3 is 24.8 Å². The molecular formula is C25H30N4O5. The number of alkyl carbamates (subject to hydrolysis) is 1. The van der Waals surface area contributed by atoms with Crippen LogP contribution in [0.1, 0.15) is 44.0 Å². The summed E-state index contributed by atoms with van der Waals surface area (Å²) in [6.45, 7) is 7.99. The monoisotopic (exact) mass is 466 g/mol. The molecule has 3 aromatic rings. The van der Waals surface area contributed by atoms with E-state index in [0.29, 0.717) is 31.6 Å². The van der Waals surface area contributed by atoms with Crippen molar-refractivity contribution in [2.24, 2.45) is 0 Å². The highest BCUT2D eigenvalue weighted by Crippen LogP contribution is 2.33. The molecule has 0 spiro atoms. The summed E-state index contributed by atoms with van der Waals surface area (Å²) < 4.78 is 11.3. The van der Waals surface area contributed by atoms with Gasteiger partial charge in [-0.2, -0.15) is 0 Å². The first-order chi connectivity index (χ1) is 16.2. The zero-order valence-corrected chi connectivity index (χ0v) is 19.7. The van der Waals surface area contributed by atoms with E-state index >= 15 is 0 Å². The molecule has 1 fully saturated rings. The van der Waals surface area contributed by atoms with E-state index in [0.717, 1.165) is 34.9 Å². The molecule has 2 aromatic heterocycles. The van der Waals surface area contributed by atoms with Crippen molar-refractivity contribution in [2.75, 3.05) is 31.1 Å². The van der Waals surface area contributed by atoms with Gasteiger partial charge in [-0.3, -0.25) is 4.98 Å². The second-order valence-corrected chi connectivity index (χ2v) is 9.40. The molecule has 0 unspecified atom stereocenters. The molecule has 2 N–H and O–H groups in total. The first-order valence-corrected chi connectivity index (χ1v) is 11.5. The lowest BCUT2D eigenvalue weighted by Gasteiger charge is -2.21. The molecule has 0 radical (unpaired) electrons. The fourth-order valence-electron chi connectivity index (χ4n) is 4.09. The van der Waals surface area contributed by atoms with E-state index in [1.54, 1.807) is 30.6 Å². The Morgan fingerprint density at radius 1 is 1.21 bits per heavy atom. The summed E-state index contributed by atoms with van der Waals surface area (Å²) in [5.74, 6) is -0.169. The molecule has 1 aliphatic heterocycles. The molecule has 0 saturated carbocycles. The third-order valence-electron chi connectivity index (χ3n) is 5.61. The average molecular weight is 467 g/mol. The molecule has 1 saturated heterocycles. The number of fused-ring (bicyclic) bond motifs is 3. The Morgan fingerprint density at radius 3 is 2.79 bits per heavy atom. The summed E-state index contributed by atoms with van der Waals surface area (Å²) >= 11 is 0. The van der Waals surface area contributed by atoms with E-state index in [1.807, 2.05) is 26.8 Å². The van der Waals surface area contributed by atoms with Crippen molar-refractivity contribution in [2.45, 2.75) is 45.3 Å². The summed E-state index contributed by atoms with van der Waals surface area (Å²) in [5.41, 5.74) is 0.324. The van der Waals surface area contributed by atoms with Gasteiger partial charge in [-0.1, -0.05) is 6.07 Å². The number of aromatic carboxylic acids is 1. The number of amides is 1. The van der Waals surface area contributed by atoms with Gasteiger partial charge in [0.25, 0.3) is 0 Å². The Morgan fingerprint density at radius 2 is 2.03 bits per heavy atom. The minimum absolute atomic E-state index is 0.0567. The van der Waals surface area contributed by atoms with Gasteiger partial charge >= 0.3 is 12.1 Å². The SMILES string of the molecule is CC(C)(C)OC(=O)NCCCO[C@H]1CCN(c2nc3cc(C(=O)O)ccc3c3cnccc23)C1. The summed E-state index contributed by atoms with van der Waals surface area (Å²) in [4.78, 5) is 34.4. The Kier molecular flexibility index (Phi) is 6.83. The molecule has 34 heavy (non-hydrogen) atoms. The molecule has 1 aliphatic rings. The van der Waals surface area contributed by atoms with Gasteiger partial charge in [-0.25, -0.2) is 14.6 Å². The van der Waals surface area contributed by atoms with E-state index in [1.165, 1.54) is 0 Å². The number of carbonyl (C=O) groups is 2. The molecule has 1 amide bonds. The fraction of sp³-hybridized carbons (Fsp3) is 0.440. The van der Waals surface area contributed by atoms with Gasteiger partial charge in [0.2, 0.25) is 0 Å². The van der Waals surface area contributed by atoms with Gasteiger partial charge in [0, 0.05) is 54.8 Å². The lowest BCUT2D eigenvalue weighted by molar-refractivity contribution is 0.0494. The van der Waals surface area contributed by atoms with Crippen LogP contribution in [0, 0.1) is 0 Å². The third kappa shape index (κ3) is 5.53. The Balaban J connectivity index is 1.40. The minimum Gasteiger partial charge on any atom is -0.478 e. The van der Waals surface area contributed by atoms with Gasteiger partial charge in [-0.05, 0) is 51.8 Å². The zero-order chi connectivity index (χ0) is 24.3. The fourth-order valence-corrected chi connectivity index (χ4v) is 4.09. The maximum absolute atomic E-state index is 11.7. The number of anilines is 1. The van der Waals surface area contributed by atoms with Gasteiger partial charge in [-0.15, -0.1) is 0 Å². The van der Waals surface area contributed by atoms with Gasteiger partial charge in [0.05, 0.1) is 17.2 Å². The van der Waals surface area contributed by atoms with Crippen molar-refractivity contribution in [3.8, 4) is 0 Å². The predicted octanol–water partition coefficient (Wildman–Crippen LogP) is 3.99. The molecule has 1 aromatic carbocycles.